The second-order valence-corrected chi connectivity index (χ2v) is 12.8. The molecule has 42 heavy (non-hydrogen) atoms. The molecule has 1 amide bonds. The first kappa shape index (κ1) is 32.5. The average molecular weight is 619 g/mol. The number of hydrogen-bond donors (Lipinski definition) is 3. The minimum Gasteiger partial charge on any atom is -0.444 e. The highest BCUT2D eigenvalue weighted by Gasteiger charge is 2.30. The Morgan fingerprint density at radius 3 is 2.26 bits per heavy atom. The molecule has 1 aliphatic rings. The highest BCUT2D eigenvalue weighted by molar-refractivity contribution is 6.42. The molecule has 0 radical (unpaired) electrons. The number of likely N-dealkylation sites (tertiary alicyclic amines) is 1. The summed E-state index contributed by atoms with van der Waals surface area (Å²) in [5.74, 6) is 1.20. The van der Waals surface area contributed by atoms with Crippen molar-refractivity contribution in [3.05, 3.63) is 63.4 Å². The molecule has 0 atom stereocenters. The number of amides is 1. The summed E-state index contributed by atoms with van der Waals surface area (Å²) < 4.78 is 7.84. The SMILES string of the molecule is CC(C)(C)OC(=O)N1CCC(c2nc3cc(Cl)c(Cl)cc3n2Cc2ccc(CNCCN(CCN)CCN)cc2)CC1. The van der Waals surface area contributed by atoms with E-state index in [1.54, 1.807) is 4.90 Å². The maximum absolute atomic E-state index is 12.6. The molecule has 0 aliphatic carbocycles. The minimum atomic E-state index is -0.512. The zero-order chi connectivity index (χ0) is 30.3. The lowest BCUT2D eigenvalue weighted by molar-refractivity contribution is 0.0202. The third-order valence-electron chi connectivity index (χ3n) is 7.52. The van der Waals surface area contributed by atoms with Gasteiger partial charge in [-0.15, -0.1) is 0 Å². The van der Waals surface area contributed by atoms with Gasteiger partial charge in [-0.2, -0.15) is 0 Å². The van der Waals surface area contributed by atoms with Crippen LogP contribution in [0.15, 0.2) is 36.4 Å². The predicted octanol–water partition coefficient (Wildman–Crippen LogP) is 4.81. The average Bonchev–Trinajstić information content (AvgIpc) is 3.28. The summed E-state index contributed by atoms with van der Waals surface area (Å²) in [6.07, 6.45) is 1.36. The maximum atomic E-state index is 12.6. The Balaban J connectivity index is 1.44. The number of piperidine rings is 1. The summed E-state index contributed by atoms with van der Waals surface area (Å²) in [4.78, 5) is 21.7. The van der Waals surface area contributed by atoms with Crippen molar-refractivity contribution in [1.82, 2.24) is 24.7 Å². The number of nitrogens with two attached hydrogens (primary N) is 2. The van der Waals surface area contributed by atoms with Crippen LogP contribution >= 0.6 is 23.2 Å². The van der Waals surface area contributed by atoms with Crippen LogP contribution in [-0.2, 0) is 17.8 Å². The van der Waals surface area contributed by atoms with Crippen LogP contribution in [0.25, 0.3) is 11.0 Å². The molecule has 230 valence electrons. The van der Waals surface area contributed by atoms with Gasteiger partial charge in [-0.3, -0.25) is 4.90 Å². The molecule has 11 heteroatoms. The van der Waals surface area contributed by atoms with Crippen LogP contribution in [0.3, 0.4) is 0 Å². The second-order valence-electron chi connectivity index (χ2n) is 12.0. The van der Waals surface area contributed by atoms with Crippen molar-refractivity contribution in [2.75, 3.05) is 52.4 Å². The van der Waals surface area contributed by atoms with Crippen molar-refractivity contribution in [1.29, 1.82) is 0 Å². The summed E-state index contributed by atoms with van der Waals surface area (Å²) in [5.41, 5.74) is 15.1. The van der Waals surface area contributed by atoms with Gasteiger partial charge in [0.05, 0.1) is 21.1 Å². The first-order chi connectivity index (χ1) is 20.1. The largest absolute Gasteiger partial charge is 0.444 e. The lowest BCUT2D eigenvalue weighted by atomic mass is 9.96. The number of fused-ring (bicyclic) bond motifs is 1. The molecule has 0 bridgehead atoms. The van der Waals surface area contributed by atoms with E-state index >= 15 is 0 Å². The number of imidazole rings is 1. The van der Waals surface area contributed by atoms with Gasteiger partial charge in [-0.1, -0.05) is 47.5 Å². The van der Waals surface area contributed by atoms with Gasteiger partial charge in [-0.25, -0.2) is 9.78 Å². The molecular formula is C31H45Cl2N7O2. The molecule has 1 saturated heterocycles. The van der Waals surface area contributed by atoms with Crippen LogP contribution in [0, 0.1) is 0 Å². The van der Waals surface area contributed by atoms with E-state index in [4.69, 9.17) is 44.4 Å². The number of benzene rings is 2. The Morgan fingerprint density at radius 1 is 1.02 bits per heavy atom. The van der Waals surface area contributed by atoms with Crippen LogP contribution in [0.5, 0.6) is 0 Å². The third-order valence-corrected chi connectivity index (χ3v) is 8.24. The van der Waals surface area contributed by atoms with Crippen molar-refractivity contribution in [2.24, 2.45) is 11.5 Å². The fourth-order valence-electron chi connectivity index (χ4n) is 5.38. The maximum Gasteiger partial charge on any atom is 0.410 e. The molecule has 2 heterocycles. The Bertz CT molecular complexity index is 1310. The molecule has 1 aliphatic heterocycles. The normalized spacial score (nSPS) is 14.7. The Kier molecular flexibility index (Phi) is 11.5. The number of rotatable bonds is 12. The summed E-state index contributed by atoms with van der Waals surface area (Å²) in [6, 6.07) is 12.4. The first-order valence-corrected chi connectivity index (χ1v) is 15.6. The van der Waals surface area contributed by atoms with Gasteiger partial charge < -0.3 is 31.0 Å². The van der Waals surface area contributed by atoms with Crippen LogP contribution in [0.1, 0.15) is 56.5 Å². The lowest BCUT2D eigenvalue weighted by Crippen LogP contribution is -2.41. The summed E-state index contributed by atoms with van der Waals surface area (Å²) >= 11 is 12.8. The number of halogens is 2. The van der Waals surface area contributed by atoms with E-state index in [1.165, 1.54) is 11.1 Å². The standard InChI is InChI=1S/C31H45Cl2N7O2/c1-31(2,3)42-30(41)39-13-8-24(9-14-39)29-37-27-18-25(32)26(33)19-28(27)40(29)21-23-6-4-22(5-7-23)20-36-12-17-38(15-10-34)16-11-35/h4-7,18-19,24,36H,8-17,20-21,34-35H2,1-3H3. The van der Waals surface area contributed by atoms with Crippen LogP contribution in [0.2, 0.25) is 10.0 Å². The van der Waals surface area contributed by atoms with E-state index in [-0.39, 0.29) is 12.0 Å². The predicted molar refractivity (Wildman–Crippen MR) is 171 cm³/mol. The Hall–Kier alpha value is -2.40. The van der Waals surface area contributed by atoms with Crippen molar-refractivity contribution in [2.45, 2.75) is 58.2 Å². The van der Waals surface area contributed by atoms with E-state index < -0.39 is 5.60 Å². The molecule has 9 nitrogen and oxygen atoms in total. The van der Waals surface area contributed by atoms with Crippen LogP contribution in [0.4, 0.5) is 4.79 Å². The van der Waals surface area contributed by atoms with Crippen molar-refractivity contribution < 1.29 is 9.53 Å². The highest BCUT2D eigenvalue weighted by atomic mass is 35.5. The lowest BCUT2D eigenvalue weighted by Gasteiger charge is -2.33. The van der Waals surface area contributed by atoms with E-state index in [0.29, 0.717) is 42.8 Å². The second kappa shape index (κ2) is 14.9. The number of carbonyl (C=O) groups excluding carboxylic acids is 1. The quantitative estimate of drug-likeness (QED) is 0.250. The number of hydrogen-bond acceptors (Lipinski definition) is 7. The Labute approximate surface area is 259 Å². The van der Waals surface area contributed by atoms with Crippen molar-refractivity contribution >= 4 is 40.3 Å². The Morgan fingerprint density at radius 2 is 1.64 bits per heavy atom. The van der Waals surface area contributed by atoms with Gasteiger partial charge in [0.15, 0.2) is 0 Å². The molecule has 5 N–H and O–H groups in total. The fraction of sp³-hybridized carbons (Fsp3) is 0.548. The number of nitrogens with one attached hydrogen (secondary N) is 1. The van der Waals surface area contributed by atoms with Gasteiger partial charge >= 0.3 is 6.09 Å². The van der Waals surface area contributed by atoms with Crippen LogP contribution in [-0.4, -0.2) is 83.4 Å². The first-order valence-electron chi connectivity index (χ1n) is 14.8. The smallest absolute Gasteiger partial charge is 0.410 e. The van der Waals surface area contributed by atoms with Crippen molar-refractivity contribution in [3.63, 3.8) is 0 Å². The molecule has 1 fully saturated rings. The summed E-state index contributed by atoms with van der Waals surface area (Å²) in [7, 11) is 0. The minimum absolute atomic E-state index is 0.204. The van der Waals surface area contributed by atoms with Crippen molar-refractivity contribution in [3.8, 4) is 0 Å². The third kappa shape index (κ3) is 8.81. The number of ether oxygens (including phenoxy) is 1. The molecule has 0 spiro atoms. The monoisotopic (exact) mass is 617 g/mol. The highest BCUT2D eigenvalue weighted by Crippen LogP contribution is 2.34. The van der Waals surface area contributed by atoms with E-state index in [2.05, 4.69) is 39.0 Å². The van der Waals surface area contributed by atoms with Gasteiger partial charge in [0, 0.05) is 71.4 Å². The molecule has 1 aromatic heterocycles. The van der Waals surface area contributed by atoms with Crippen LogP contribution < -0.4 is 16.8 Å². The molecule has 4 rings (SSSR count). The molecular weight excluding hydrogens is 573 g/mol. The van der Waals surface area contributed by atoms with E-state index in [0.717, 1.165) is 62.4 Å². The number of nitrogens with zero attached hydrogens (tertiary/aromatic N) is 4. The topological polar surface area (TPSA) is 115 Å². The zero-order valence-corrected chi connectivity index (χ0v) is 26.6. The summed E-state index contributed by atoms with van der Waals surface area (Å²) in [5, 5.41) is 4.52. The number of carbonyl (C=O) groups is 1. The van der Waals surface area contributed by atoms with Gasteiger partial charge in [-0.05, 0) is 56.9 Å². The van der Waals surface area contributed by atoms with Gasteiger partial charge in [0.1, 0.15) is 11.4 Å². The fourth-order valence-corrected chi connectivity index (χ4v) is 5.69. The van der Waals surface area contributed by atoms with Gasteiger partial charge in [0.25, 0.3) is 0 Å². The van der Waals surface area contributed by atoms with Gasteiger partial charge in [0.2, 0.25) is 0 Å². The van der Waals surface area contributed by atoms with E-state index in [9.17, 15) is 4.79 Å². The van der Waals surface area contributed by atoms with E-state index in [1.807, 2.05) is 32.9 Å². The molecule has 0 saturated carbocycles. The zero-order valence-electron chi connectivity index (χ0n) is 25.0. The number of aromatic nitrogens is 2. The molecule has 0 unspecified atom stereocenters. The molecule has 2 aromatic carbocycles. The molecule has 3 aromatic rings. The summed E-state index contributed by atoms with van der Waals surface area (Å²) in [6.45, 7) is 13.2.